The first-order chi connectivity index (χ1) is 11.5. The molecular weight excluding hydrogens is 374 g/mol. The van der Waals surface area contributed by atoms with E-state index in [2.05, 4.69) is 15.9 Å². The number of methoxy groups -OCH3 is 2. The Morgan fingerprint density at radius 2 is 1.79 bits per heavy atom. The van der Waals surface area contributed by atoms with Crippen LogP contribution in [0.1, 0.15) is 5.56 Å². The fraction of sp³-hybridized carbons (Fsp3) is 0.278. The van der Waals surface area contributed by atoms with Gasteiger partial charge in [0.1, 0.15) is 5.75 Å². The van der Waals surface area contributed by atoms with Gasteiger partial charge in [-0.05, 0) is 30.3 Å². The summed E-state index contributed by atoms with van der Waals surface area (Å²) in [6.07, 6.45) is 0. The zero-order chi connectivity index (χ0) is 17.5. The molecule has 0 aromatic heterocycles. The molecule has 0 radical (unpaired) electrons. The molecule has 2 aromatic carbocycles. The maximum absolute atomic E-state index is 12.3. The minimum absolute atomic E-state index is 0.0234. The van der Waals surface area contributed by atoms with Gasteiger partial charge in [0.05, 0.1) is 14.2 Å². The average molecular weight is 394 g/mol. The minimum atomic E-state index is -0.122. The van der Waals surface area contributed by atoms with Crippen LogP contribution in [-0.2, 0) is 11.3 Å². The Balaban J connectivity index is 1.97. The number of carbonyl (C=O) groups excluding carboxylic acids is 1. The van der Waals surface area contributed by atoms with E-state index in [-0.39, 0.29) is 12.5 Å². The highest BCUT2D eigenvalue weighted by Crippen LogP contribution is 2.31. The molecule has 5 nitrogen and oxygen atoms in total. The van der Waals surface area contributed by atoms with Gasteiger partial charge in [0.15, 0.2) is 18.1 Å². The normalized spacial score (nSPS) is 10.2. The Labute approximate surface area is 150 Å². The highest BCUT2D eigenvalue weighted by Gasteiger charge is 2.15. The standard InChI is InChI=1S/C18H20BrNO4/c1-20(11-13-5-4-6-16(22-2)18(13)23-3)17(21)12-24-15-9-7-14(19)8-10-15/h4-10H,11-12H2,1-3H3. The van der Waals surface area contributed by atoms with Crippen LogP contribution in [0.4, 0.5) is 0 Å². The first-order valence-corrected chi connectivity index (χ1v) is 8.16. The third kappa shape index (κ3) is 4.64. The fourth-order valence-electron chi connectivity index (χ4n) is 2.21. The van der Waals surface area contributed by atoms with Gasteiger partial charge in [-0.3, -0.25) is 4.79 Å². The molecule has 128 valence electrons. The Bertz CT molecular complexity index is 688. The second kappa shape index (κ2) is 8.59. The Kier molecular flexibility index (Phi) is 6.49. The van der Waals surface area contributed by atoms with E-state index in [4.69, 9.17) is 14.2 Å². The highest BCUT2D eigenvalue weighted by atomic mass is 79.9. The van der Waals surface area contributed by atoms with Crippen LogP contribution in [0.3, 0.4) is 0 Å². The Morgan fingerprint density at radius 1 is 1.08 bits per heavy atom. The van der Waals surface area contributed by atoms with Crippen molar-refractivity contribution in [1.82, 2.24) is 4.90 Å². The second-order valence-corrected chi connectivity index (χ2v) is 6.06. The maximum Gasteiger partial charge on any atom is 0.260 e. The molecule has 0 N–H and O–H groups in total. The van der Waals surface area contributed by atoms with Crippen molar-refractivity contribution in [2.24, 2.45) is 0 Å². The number of hydrogen-bond donors (Lipinski definition) is 0. The molecule has 2 rings (SSSR count). The summed E-state index contributed by atoms with van der Waals surface area (Å²) < 4.78 is 17.1. The topological polar surface area (TPSA) is 48.0 Å². The van der Waals surface area contributed by atoms with Crippen LogP contribution in [0.2, 0.25) is 0 Å². The molecule has 6 heteroatoms. The van der Waals surface area contributed by atoms with Crippen molar-refractivity contribution in [2.75, 3.05) is 27.9 Å². The van der Waals surface area contributed by atoms with Crippen LogP contribution in [0.15, 0.2) is 46.9 Å². The minimum Gasteiger partial charge on any atom is -0.493 e. The fourth-order valence-corrected chi connectivity index (χ4v) is 2.47. The van der Waals surface area contributed by atoms with E-state index >= 15 is 0 Å². The zero-order valence-corrected chi connectivity index (χ0v) is 15.5. The number of likely N-dealkylation sites (N-methyl/N-ethyl adjacent to an activating group) is 1. The van der Waals surface area contributed by atoms with E-state index in [1.54, 1.807) is 26.2 Å². The van der Waals surface area contributed by atoms with Gasteiger partial charge < -0.3 is 19.1 Å². The van der Waals surface area contributed by atoms with Crippen molar-refractivity contribution in [3.63, 3.8) is 0 Å². The molecule has 24 heavy (non-hydrogen) atoms. The lowest BCUT2D eigenvalue weighted by Gasteiger charge is -2.20. The van der Waals surface area contributed by atoms with Gasteiger partial charge in [-0.1, -0.05) is 28.1 Å². The summed E-state index contributed by atoms with van der Waals surface area (Å²) in [5, 5.41) is 0. The number of nitrogens with zero attached hydrogens (tertiary/aromatic N) is 1. The van der Waals surface area contributed by atoms with Crippen LogP contribution >= 0.6 is 15.9 Å². The average Bonchev–Trinajstić information content (AvgIpc) is 2.60. The predicted octanol–water partition coefficient (Wildman–Crippen LogP) is 3.50. The SMILES string of the molecule is COc1cccc(CN(C)C(=O)COc2ccc(Br)cc2)c1OC. The molecule has 0 aliphatic heterocycles. The summed E-state index contributed by atoms with van der Waals surface area (Å²) in [6, 6.07) is 12.9. The quantitative estimate of drug-likeness (QED) is 0.721. The zero-order valence-electron chi connectivity index (χ0n) is 13.9. The van der Waals surface area contributed by atoms with Crippen LogP contribution in [0.25, 0.3) is 0 Å². The third-order valence-corrected chi connectivity index (χ3v) is 4.02. The van der Waals surface area contributed by atoms with Crippen molar-refractivity contribution in [3.8, 4) is 17.2 Å². The van der Waals surface area contributed by atoms with E-state index < -0.39 is 0 Å². The van der Waals surface area contributed by atoms with Crippen molar-refractivity contribution in [2.45, 2.75) is 6.54 Å². The number of carbonyl (C=O) groups is 1. The molecule has 0 aliphatic carbocycles. The van der Waals surface area contributed by atoms with E-state index in [1.807, 2.05) is 42.5 Å². The monoisotopic (exact) mass is 393 g/mol. The van der Waals surface area contributed by atoms with Gasteiger partial charge in [-0.2, -0.15) is 0 Å². The van der Waals surface area contributed by atoms with Gasteiger partial charge in [0.2, 0.25) is 0 Å². The molecule has 0 spiro atoms. The molecule has 0 bridgehead atoms. The molecule has 0 aliphatic rings. The Morgan fingerprint density at radius 3 is 2.42 bits per heavy atom. The van der Waals surface area contributed by atoms with Crippen molar-refractivity contribution in [1.29, 1.82) is 0 Å². The number of halogens is 1. The van der Waals surface area contributed by atoms with E-state index in [1.165, 1.54) is 0 Å². The summed E-state index contributed by atoms with van der Waals surface area (Å²) in [6.45, 7) is 0.382. The predicted molar refractivity (Wildman–Crippen MR) is 95.7 cm³/mol. The van der Waals surface area contributed by atoms with Crippen molar-refractivity contribution >= 4 is 21.8 Å². The van der Waals surface area contributed by atoms with E-state index in [9.17, 15) is 4.79 Å². The number of ether oxygens (including phenoxy) is 3. The molecule has 2 aromatic rings. The van der Waals surface area contributed by atoms with Gasteiger partial charge in [-0.25, -0.2) is 0 Å². The molecular formula is C18H20BrNO4. The molecule has 0 unspecified atom stereocenters. The second-order valence-electron chi connectivity index (χ2n) is 5.15. The van der Waals surface area contributed by atoms with Crippen LogP contribution in [0.5, 0.6) is 17.2 Å². The van der Waals surface area contributed by atoms with Crippen molar-refractivity contribution in [3.05, 3.63) is 52.5 Å². The van der Waals surface area contributed by atoms with E-state index in [0.717, 1.165) is 10.0 Å². The van der Waals surface area contributed by atoms with Gasteiger partial charge in [0, 0.05) is 23.6 Å². The number of benzene rings is 2. The lowest BCUT2D eigenvalue weighted by molar-refractivity contribution is -0.132. The van der Waals surface area contributed by atoms with Gasteiger partial charge >= 0.3 is 0 Å². The van der Waals surface area contributed by atoms with Crippen LogP contribution in [0, 0.1) is 0 Å². The Hall–Kier alpha value is -2.21. The molecule has 0 saturated heterocycles. The largest absolute Gasteiger partial charge is 0.493 e. The summed E-state index contributed by atoms with van der Waals surface area (Å²) in [4.78, 5) is 13.9. The van der Waals surface area contributed by atoms with E-state index in [0.29, 0.717) is 23.8 Å². The summed E-state index contributed by atoms with van der Waals surface area (Å²) >= 11 is 3.36. The number of amides is 1. The number of rotatable bonds is 7. The first-order valence-electron chi connectivity index (χ1n) is 7.37. The maximum atomic E-state index is 12.3. The van der Waals surface area contributed by atoms with Crippen LogP contribution < -0.4 is 14.2 Å². The summed E-state index contributed by atoms with van der Waals surface area (Å²) in [5.74, 6) is 1.80. The highest BCUT2D eigenvalue weighted by molar-refractivity contribution is 9.10. The lowest BCUT2D eigenvalue weighted by atomic mass is 10.1. The molecule has 0 heterocycles. The summed E-state index contributed by atoms with van der Waals surface area (Å²) in [7, 11) is 4.90. The number of para-hydroxylation sites is 1. The third-order valence-electron chi connectivity index (χ3n) is 3.49. The van der Waals surface area contributed by atoms with Gasteiger partial charge in [0.25, 0.3) is 5.91 Å². The number of hydrogen-bond acceptors (Lipinski definition) is 4. The smallest absolute Gasteiger partial charge is 0.260 e. The molecule has 1 amide bonds. The van der Waals surface area contributed by atoms with Crippen LogP contribution in [-0.4, -0.2) is 38.7 Å². The molecule has 0 saturated carbocycles. The lowest BCUT2D eigenvalue weighted by Crippen LogP contribution is -2.31. The van der Waals surface area contributed by atoms with Gasteiger partial charge in [-0.15, -0.1) is 0 Å². The first kappa shape index (κ1) is 18.1. The molecule has 0 fully saturated rings. The van der Waals surface area contributed by atoms with Crippen molar-refractivity contribution < 1.29 is 19.0 Å². The molecule has 0 atom stereocenters. The summed E-state index contributed by atoms with van der Waals surface area (Å²) in [5.41, 5.74) is 0.872.